The monoisotopic (exact) mass is 389 g/mol. The molecule has 2 N–H and O–H groups in total. The highest BCUT2D eigenvalue weighted by molar-refractivity contribution is 5.94. The molecule has 2 heterocycles. The SMILES string of the molecule is CC(C)CC(C)(C)N.Fc1ccc2c(-c3cncc(C(F)F)c3)ccnc2c1. The highest BCUT2D eigenvalue weighted by Gasteiger charge is 2.12. The molecule has 0 fully saturated rings. The Hall–Kier alpha value is -2.47. The fourth-order valence-corrected chi connectivity index (χ4v) is 3.15. The average Bonchev–Trinajstić information content (AvgIpc) is 2.59. The highest BCUT2D eigenvalue weighted by Crippen LogP contribution is 2.29. The number of nitrogens with zero attached hydrogens (tertiary/aromatic N) is 2. The van der Waals surface area contributed by atoms with Crippen molar-refractivity contribution in [2.24, 2.45) is 11.7 Å². The Morgan fingerprint density at radius 1 is 1.07 bits per heavy atom. The first-order chi connectivity index (χ1) is 13.1. The van der Waals surface area contributed by atoms with Crippen LogP contribution < -0.4 is 5.73 Å². The lowest BCUT2D eigenvalue weighted by atomic mass is 9.94. The molecule has 28 heavy (non-hydrogen) atoms. The summed E-state index contributed by atoms with van der Waals surface area (Å²) in [5, 5.41) is 0.696. The van der Waals surface area contributed by atoms with Crippen molar-refractivity contribution in [1.29, 1.82) is 0 Å². The molecule has 0 aliphatic carbocycles. The number of halogens is 3. The number of rotatable bonds is 4. The van der Waals surface area contributed by atoms with E-state index in [1.54, 1.807) is 12.1 Å². The molecule has 0 saturated heterocycles. The van der Waals surface area contributed by atoms with Gasteiger partial charge in [0.25, 0.3) is 6.43 Å². The van der Waals surface area contributed by atoms with Crippen LogP contribution >= 0.6 is 0 Å². The molecule has 0 bridgehead atoms. The van der Waals surface area contributed by atoms with Crippen molar-refractivity contribution in [1.82, 2.24) is 9.97 Å². The summed E-state index contributed by atoms with van der Waals surface area (Å²) in [5.41, 5.74) is 7.35. The van der Waals surface area contributed by atoms with E-state index in [-0.39, 0.29) is 16.9 Å². The van der Waals surface area contributed by atoms with Gasteiger partial charge in [0, 0.05) is 46.7 Å². The fraction of sp³-hybridized carbons (Fsp3) is 0.364. The molecule has 0 spiro atoms. The minimum absolute atomic E-state index is 0.0220. The molecule has 0 aliphatic heterocycles. The second-order valence-corrected chi connectivity index (χ2v) is 7.91. The van der Waals surface area contributed by atoms with E-state index in [2.05, 4.69) is 37.7 Å². The van der Waals surface area contributed by atoms with E-state index < -0.39 is 6.43 Å². The molecule has 0 amide bonds. The minimum atomic E-state index is -2.58. The third-order valence-corrected chi connectivity index (χ3v) is 3.96. The molecule has 0 aliphatic rings. The second kappa shape index (κ2) is 9.15. The zero-order valence-electron chi connectivity index (χ0n) is 16.6. The van der Waals surface area contributed by atoms with E-state index >= 15 is 0 Å². The summed E-state index contributed by atoms with van der Waals surface area (Å²) >= 11 is 0. The normalized spacial score (nSPS) is 11.6. The number of aromatic nitrogens is 2. The zero-order valence-corrected chi connectivity index (χ0v) is 16.6. The zero-order chi connectivity index (χ0) is 20.9. The van der Waals surface area contributed by atoms with Crippen molar-refractivity contribution in [3.05, 3.63) is 60.3 Å². The first kappa shape index (κ1) is 21.8. The van der Waals surface area contributed by atoms with Crippen molar-refractivity contribution in [2.75, 3.05) is 0 Å². The van der Waals surface area contributed by atoms with Gasteiger partial charge in [0.2, 0.25) is 0 Å². The number of fused-ring (bicyclic) bond motifs is 1. The first-order valence-electron chi connectivity index (χ1n) is 9.13. The van der Waals surface area contributed by atoms with E-state index in [0.29, 0.717) is 22.0 Å². The molecule has 3 aromatic rings. The standard InChI is InChI=1S/C15H9F3N2.C7H17N/c16-11-1-2-13-12(3-4-20-14(13)6-11)9-5-10(15(17)18)8-19-7-9;1-6(2)5-7(3,4)8/h1-8,15H;6H,5,8H2,1-4H3. The highest BCUT2D eigenvalue weighted by atomic mass is 19.3. The molecule has 3 rings (SSSR count). The lowest BCUT2D eigenvalue weighted by molar-refractivity contribution is 0.151. The summed E-state index contributed by atoms with van der Waals surface area (Å²) in [4.78, 5) is 7.91. The number of hydrogen-bond acceptors (Lipinski definition) is 3. The predicted octanol–water partition coefficient (Wildman–Crippen LogP) is 6.14. The number of hydrogen-bond donors (Lipinski definition) is 1. The van der Waals surface area contributed by atoms with Crippen LogP contribution in [0.5, 0.6) is 0 Å². The molecule has 1 aromatic carbocycles. The van der Waals surface area contributed by atoms with Crippen molar-refractivity contribution < 1.29 is 13.2 Å². The van der Waals surface area contributed by atoms with Gasteiger partial charge in [-0.3, -0.25) is 9.97 Å². The molecule has 0 saturated carbocycles. The maximum atomic E-state index is 13.2. The summed E-state index contributed by atoms with van der Waals surface area (Å²) in [7, 11) is 0. The number of benzene rings is 1. The molecule has 0 atom stereocenters. The van der Waals surface area contributed by atoms with Crippen LogP contribution in [0.2, 0.25) is 0 Å². The third kappa shape index (κ3) is 6.30. The molecular formula is C22H26F3N3. The third-order valence-electron chi connectivity index (χ3n) is 3.96. The summed E-state index contributed by atoms with van der Waals surface area (Å²) in [6.45, 7) is 8.50. The number of alkyl halides is 2. The Balaban J connectivity index is 0.000000300. The Bertz CT molecular complexity index is 918. The lowest BCUT2D eigenvalue weighted by Gasteiger charge is -2.20. The minimum Gasteiger partial charge on any atom is -0.326 e. The van der Waals surface area contributed by atoms with Gasteiger partial charge in [0.05, 0.1) is 5.52 Å². The van der Waals surface area contributed by atoms with Gasteiger partial charge in [0.1, 0.15) is 5.82 Å². The molecule has 0 unspecified atom stereocenters. The Morgan fingerprint density at radius 2 is 1.79 bits per heavy atom. The van der Waals surface area contributed by atoms with Crippen LogP contribution in [0.4, 0.5) is 13.2 Å². The maximum absolute atomic E-state index is 13.2. The van der Waals surface area contributed by atoms with Gasteiger partial charge >= 0.3 is 0 Å². The molecule has 150 valence electrons. The molecule has 2 aromatic heterocycles. The van der Waals surface area contributed by atoms with Crippen LogP contribution in [0.1, 0.15) is 46.1 Å². The Kier molecular flexibility index (Phi) is 7.13. The van der Waals surface area contributed by atoms with Gasteiger partial charge in [-0.25, -0.2) is 13.2 Å². The average molecular weight is 389 g/mol. The Morgan fingerprint density at radius 3 is 2.36 bits per heavy atom. The number of pyridine rings is 2. The van der Waals surface area contributed by atoms with Crippen molar-refractivity contribution >= 4 is 10.9 Å². The lowest BCUT2D eigenvalue weighted by Crippen LogP contribution is -2.33. The molecule has 0 radical (unpaired) electrons. The van der Waals surface area contributed by atoms with Crippen molar-refractivity contribution in [3.8, 4) is 11.1 Å². The fourth-order valence-electron chi connectivity index (χ4n) is 3.15. The van der Waals surface area contributed by atoms with E-state index in [1.165, 1.54) is 30.6 Å². The Labute approximate surface area is 163 Å². The summed E-state index contributed by atoms with van der Waals surface area (Å²) in [5.74, 6) is 0.330. The van der Waals surface area contributed by atoms with E-state index in [0.717, 1.165) is 18.5 Å². The number of nitrogens with two attached hydrogens (primary N) is 1. The second-order valence-electron chi connectivity index (χ2n) is 7.91. The quantitative estimate of drug-likeness (QED) is 0.583. The topological polar surface area (TPSA) is 51.8 Å². The van der Waals surface area contributed by atoms with Gasteiger partial charge in [-0.2, -0.15) is 0 Å². The van der Waals surface area contributed by atoms with Crippen LogP contribution in [0.3, 0.4) is 0 Å². The van der Waals surface area contributed by atoms with Gasteiger partial charge < -0.3 is 5.73 Å². The summed E-state index contributed by atoms with van der Waals surface area (Å²) in [6.07, 6.45) is 2.69. The molecular weight excluding hydrogens is 363 g/mol. The van der Waals surface area contributed by atoms with E-state index in [4.69, 9.17) is 5.73 Å². The van der Waals surface area contributed by atoms with Crippen LogP contribution in [-0.2, 0) is 0 Å². The van der Waals surface area contributed by atoms with Crippen LogP contribution in [0, 0.1) is 11.7 Å². The van der Waals surface area contributed by atoms with Gasteiger partial charge in [-0.05, 0) is 56.0 Å². The van der Waals surface area contributed by atoms with Gasteiger partial charge in [-0.1, -0.05) is 13.8 Å². The van der Waals surface area contributed by atoms with Crippen molar-refractivity contribution in [3.63, 3.8) is 0 Å². The first-order valence-corrected chi connectivity index (χ1v) is 9.13. The smallest absolute Gasteiger partial charge is 0.265 e. The van der Waals surface area contributed by atoms with Crippen LogP contribution in [0.25, 0.3) is 22.0 Å². The van der Waals surface area contributed by atoms with Crippen LogP contribution in [0.15, 0.2) is 48.9 Å². The molecule has 6 heteroatoms. The predicted molar refractivity (Wildman–Crippen MR) is 108 cm³/mol. The van der Waals surface area contributed by atoms with E-state index in [9.17, 15) is 13.2 Å². The maximum Gasteiger partial charge on any atom is 0.265 e. The summed E-state index contributed by atoms with van der Waals surface area (Å²) in [6, 6.07) is 7.30. The van der Waals surface area contributed by atoms with Gasteiger partial charge in [0.15, 0.2) is 0 Å². The van der Waals surface area contributed by atoms with Crippen LogP contribution in [-0.4, -0.2) is 15.5 Å². The molecule has 3 nitrogen and oxygen atoms in total. The van der Waals surface area contributed by atoms with Gasteiger partial charge in [-0.15, -0.1) is 0 Å². The summed E-state index contributed by atoms with van der Waals surface area (Å²) < 4.78 is 38.6. The van der Waals surface area contributed by atoms with E-state index in [1.807, 2.05) is 0 Å². The van der Waals surface area contributed by atoms with Crippen molar-refractivity contribution in [2.45, 2.75) is 46.1 Å². The largest absolute Gasteiger partial charge is 0.326 e.